The van der Waals surface area contributed by atoms with Crippen LogP contribution >= 0.6 is 7.75 Å². The molecule has 1 aliphatic heterocycles. The molecule has 0 aliphatic carbocycles. The molecule has 1 unspecified atom stereocenters. The Morgan fingerprint density at radius 3 is 2.59 bits per heavy atom. The second-order valence-corrected chi connectivity index (χ2v) is 10.7. The lowest BCUT2D eigenvalue weighted by molar-refractivity contribution is -0.149. The van der Waals surface area contributed by atoms with Crippen molar-refractivity contribution >= 4 is 13.7 Å². The summed E-state index contributed by atoms with van der Waals surface area (Å²) in [5, 5.41) is 27.4. The number of aromatic amines is 1. The number of hydrogen-bond acceptors (Lipinski definition) is 11. The Labute approximate surface area is 221 Å². The zero-order valence-corrected chi connectivity index (χ0v) is 22.3. The van der Waals surface area contributed by atoms with Gasteiger partial charge in [-0.3, -0.25) is 23.7 Å². The predicted octanol–water partition coefficient (Wildman–Crippen LogP) is 1.24. The van der Waals surface area contributed by atoms with Crippen molar-refractivity contribution in [3.8, 4) is 5.75 Å². The molecule has 2 aromatic rings. The van der Waals surface area contributed by atoms with Crippen LogP contribution in [0.3, 0.4) is 0 Å². The number of aliphatic hydroxyl groups is 2. The van der Waals surface area contributed by atoms with E-state index in [-0.39, 0.29) is 11.3 Å². The van der Waals surface area contributed by atoms with Gasteiger partial charge in [-0.15, -0.1) is 0 Å². The first-order valence-corrected chi connectivity index (χ1v) is 13.2. The van der Waals surface area contributed by atoms with Gasteiger partial charge in [0.2, 0.25) is 5.72 Å². The number of H-pyrrole nitrogens is 1. The molecule has 0 radical (unpaired) electrons. The van der Waals surface area contributed by atoms with Gasteiger partial charge in [0.15, 0.2) is 6.23 Å². The molecule has 0 spiro atoms. The van der Waals surface area contributed by atoms with E-state index in [1.165, 1.54) is 26.0 Å². The van der Waals surface area contributed by atoms with Gasteiger partial charge in [-0.1, -0.05) is 23.3 Å². The van der Waals surface area contributed by atoms with Gasteiger partial charge < -0.3 is 24.2 Å². The van der Waals surface area contributed by atoms with Crippen LogP contribution < -0.4 is 20.9 Å². The molecule has 1 aliphatic rings. The third kappa shape index (κ3) is 6.94. The van der Waals surface area contributed by atoms with E-state index in [0.717, 1.165) is 10.8 Å². The summed E-state index contributed by atoms with van der Waals surface area (Å²) in [4.78, 5) is 41.1. The molecule has 16 nitrogen and oxygen atoms in total. The Hall–Kier alpha value is -3.49. The molecule has 39 heavy (non-hydrogen) atoms. The number of aromatic nitrogens is 2. The average Bonchev–Trinajstić information content (AvgIpc) is 3.11. The molecule has 0 saturated carbocycles. The van der Waals surface area contributed by atoms with Gasteiger partial charge in [-0.05, 0) is 45.4 Å². The highest BCUT2D eigenvalue weighted by Crippen LogP contribution is 2.48. The summed E-state index contributed by atoms with van der Waals surface area (Å²) in [6.45, 7) is 5.03. The number of nitrogens with zero attached hydrogens (tertiary/aromatic N) is 4. The molecule has 6 atom stereocenters. The van der Waals surface area contributed by atoms with E-state index in [1.54, 1.807) is 32.0 Å². The van der Waals surface area contributed by atoms with Crippen LogP contribution in [-0.4, -0.2) is 62.4 Å². The minimum absolute atomic E-state index is 0.0802. The predicted molar refractivity (Wildman–Crippen MR) is 135 cm³/mol. The van der Waals surface area contributed by atoms with E-state index in [4.69, 9.17) is 18.5 Å². The van der Waals surface area contributed by atoms with Crippen LogP contribution in [0.4, 0.5) is 0 Å². The number of aliphatic hydroxyl groups excluding tert-OH is 2. The number of carbonyl (C=O) groups is 1. The van der Waals surface area contributed by atoms with Gasteiger partial charge in [-0.2, -0.15) is 5.09 Å². The molecule has 1 aromatic heterocycles. The van der Waals surface area contributed by atoms with E-state index in [0.29, 0.717) is 0 Å². The van der Waals surface area contributed by atoms with Crippen LogP contribution in [0, 0.1) is 6.92 Å². The van der Waals surface area contributed by atoms with Crippen molar-refractivity contribution < 1.29 is 38.1 Å². The second-order valence-electron chi connectivity index (χ2n) is 8.97. The van der Waals surface area contributed by atoms with Crippen molar-refractivity contribution in [1.82, 2.24) is 14.6 Å². The Morgan fingerprint density at radius 1 is 1.31 bits per heavy atom. The SMILES string of the molecule is Cc1cn([C@@H]2O[C@@](COP(=O)(N[C@@H](C)C(=O)OC(C)C)Oc3ccccc3)(N=[N+]=[N-])[C@@H](O)[C@H]2O)c(=O)[nH]c1=O. The summed E-state index contributed by atoms with van der Waals surface area (Å²) >= 11 is 0. The summed E-state index contributed by atoms with van der Waals surface area (Å²) in [5.74, 6) is -0.688. The van der Waals surface area contributed by atoms with E-state index in [2.05, 4.69) is 15.1 Å². The van der Waals surface area contributed by atoms with Crippen LogP contribution in [0.25, 0.3) is 10.4 Å². The third-order valence-electron chi connectivity index (χ3n) is 5.50. The average molecular weight is 568 g/mol. The van der Waals surface area contributed by atoms with Crippen molar-refractivity contribution in [3.63, 3.8) is 0 Å². The molecule has 2 heterocycles. The molecule has 1 aromatic carbocycles. The number of esters is 1. The van der Waals surface area contributed by atoms with Crippen LogP contribution in [0.5, 0.6) is 5.75 Å². The standard InChI is InChI=1S/C22H29N6O10P/c1-12(2)36-20(32)14(4)25-39(34,38-15-8-6-5-7-9-15)35-11-22(26-27-23)17(30)16(29)19(37-22)28-10-13(3)18(31)24-21(28)33/h5-10,12,14,16-17,19,29-30H,11H2,1-4H3,(H,25,34)(H,24,31,33)/t14-,16+,17-,19+,22+,39?/m0/s1. The minimum Gasteiger partial charge on any atom is -0.462 e. The molecular weight excluding hydrogens is 539 g/mol. The maximum absolute atomic E-state index is 13.8. The molecule has 17 heteroatoms. The number of aryl methyl sites for hydroxylation is 1. The van der Waals surface area contributed by atoms with Crippen LogP contribution in [0.2, 0.25) is 0 Å². The molecule has 0 amide bonds. The van der Waals surface area contributed by atoms with Crippen LogP contribution in [0.1, 0.15) is 32.6 Å². The van der Waals surface area contributed by atoms with E-state index >= 15 is 0 Å². The summed E-state index contributed by atoms with van der Waals surface area (Å²) in [5.41, 5.74) is 5.21. The highest BCUT2D eigenvalue weighted by molar-refractivity contribution is 7.52. The molecule has 3 rings (SSSR count). The summed E-state index contributed by atoms with van der Waals surface area (Å²) in [6.07, 6.45) is -4.87. The lowest BCUT2D eigenvalue weighted by atomic mass is 10.1. The van der Waals surface area contributed by atoms with Crippen LogP contribution in [-0.2, 0) is 23.4 Å². The number of carbonyl (C=O) groups excluding carboxylic acids is 1. The maximum Gasteiger partial charge on any atom is 0.459 e. The summed E-state index contributed by atoms with van der Waals surface area (Å²) < 4.78 is 36.3. The zero-order valence-electron chi connectivity index (χ0n) is 21.5. The fourth-order valence-electron chi connectivity index (χ4n) is 3.59. The molecule has 1 fully saturated rings. The first-order valence-electron chi connectivity index (χ1n) is 11.7. The maximum atomic E-state index is 13.8. The Balaban J connectivity index is 1.93. The van der Waals surface area contributed by atoms with E-state index < -0.39 is 67.9 Å². The topological polar surface area (TPSA) is 227 Å². The van der Waals surface area contributed by atoms with Crippen molar-refractivity contribution in [2.45, 2.75) is 64.0 Å². The Kier molecular flexibility index (Phi) is 9.35. The third-order valence-corrected chi connectivity index (χ3v) is 7.13. The second kappa shape index (κ2) is 12.1. The zero-order chi connectivity index (χ0) is 29.0. The number of nitrogens with one attached hydrogen (secondary N) is 2. The Bertz CT molecular complexity index is 1390. The van der Waals surface area contributed by atoms with Crippen molar-refractivity contribution in [3.05, 3.63) is 73.4 Å². The molecular formula is C22H29N6O10P. The lowest BCUT2D eigenvalue weighted by Crippen LogP contribution is -2.46. The van der Waals surface area contributed by atoms with Crippen LogP contribution in [0.15, 0.2) is 51.2 Å². The van der Waals surface area contributed by atoms with Gasteiger partial charge in [0.1, 0.15) is 24.0 Å². The van der Waals surface area contributed by atoms with Crippen molar-refractivity contribution in [2.75, 3.05) is 6.61 Å². The molecule has 1 saturated heterocycles. The number of ether oxygens (including phenoxy) is 2. The van der Waals surface area contributed by atoms with Crippen molar-refractivity contribution in [1.29, 1.82) is 0 Å². The fraction of sp³-hybridized carbons (Fsp3) is 0.500. The number of hydrogen-bond donors (Lipinski definition) is 4. The first kappa shape index (κ1) is 30.1. The normalized spacial score (nSPS) is 24.9. The van der Waals surface area contributed by atoms with Gasteiger partial charge in [-0.25, -0.2) is 9.36 Å². The van der Waals surface area contributed by atoms with Gasteiger partial charge >= 0.3 is 19.4 Å². The van der Waals surface area contributed by atoms with Crippen molar-refractivity contribution in [2.24, 2.45) is 5.11 Å². The summed E-state index contributed by atoms with van der Waals surface area (Å²) in [6, 6.07) is 6.58. The van der Waals surface area contributed by atoms with E-state index in [1.807, 2.05) is 4.98 Å². The first-order chi connectivity index (χ1) is 18.3. The number of para-hydroxylation sites is 1. The number of benzene rings is 1. The molecule has 0 bridgehead atoms. The monoisotopic (exact) mass is 568 g/mol. The molecule has 212 valence electrons. The minimum atomic E-state index is -4.50. The number of rotatable bonds is 11. The smallest absolute Gasteiger partial charge is 0.459 e. The lowest BCUT2D eigenvalue weighted by Gasteiger charge is -2.29. The number of azide groups is 1. The fourth-order valence-corrected chi connectivity index (χ4v) is 5.10. The van der Waals surface area contributed by atoms with Gasteiger partial charge in [0.25, 0.3) is 5.56 Å². The highest BCUT2D eigenvalue weighted by atomic mass is 31.2. The summed E-state index contributed by atoms with van der Waals surface area (Å²) in [7, 11) is -4.50. The Morgan fingerprint density at radius 2 is 1.97 bits per heavy atom. The quantitative estimate of drug-likeness (QED) is 0.0990. The largest absolute Gasteiger partial charge is 0.462 e. The van der Waals surface area contributed by atoms with Gasteiger partial charge in [0, 0.05) is 16.7 Å². The van der Waals surface area contributed by atoms with E-state index in [9.17, 15) is 34.7 Å². The highest BCUT2D eigenvalue weighted by Gasteiger charge is 2.56. The van der Waals surface area contributed by atoms with Gasteiger partial charge in [0.05, 0.1) is 12.7 Å². The molecule has 4 N–H and O–H groups in total.